The lowest BCUT2D eigenvalue weighted by Gasteiger charge is -2.22. The van der Waals surface area contributed by atoms with Crippen molar-refractivity contribution >= 4 is 11.8 Å². The predicted molar refractivity (Wildman–Crippen MR) is 86.9 cm³/mol. The van der Waals surface area contributed by atoms with Gasteiger partial charge < -0.3 is 10.6 Å². The third-order valence-electron chi connectivity index (χ3n) is 4.00. The molecule has 1 aromatic heterocycles. The molecule has 1 atom stereocenters. The van der Waals surface area contributed by atoms with E-state index in [1.54, 1.807) is 30.3 Å². The van der Waals surface area contributed by atoms with Crippen LogP contribution in [0.15, 0.2) is 42.6 Å². The highest BCUT2D eigenvalue weighted by Gasteiger charge is 2.24. The average Bonchev–Trinajstić information content (AvgIpc) is 2.59. The van der Waals surface area contributed by atoms with Gasteiger partial charge in [0.15, 0.2) is 0 Å². The Kier molecular flexibility index (Phi) is 4.84. The largest absolute Gasteiger partial charge is 0.354 e. The van der Waals surface area contributed by atoms with Gasteiger partial charge in [-0.3, -0.25) is 14.6 Å². The monoisotopic (exact) mass is 327 g/mol. The number of hydrogen-bond acceptors (Lipinski definition) is 3. The molecule has 2 aromatic rings. The number of pyridine rings is 1. The molecule has 24 heavy (non-hydrogen) atoms. The lowest BCUT2D eigenvalue weighted by atomic mass is 10.0. The fraction of sp³-hybridized carbons (Fsp3) is 0.278. The molecule has 0 spiro atoms. The minimum absolute atomic E-state index is 0.157. The molecule has 1 aromatic carbocycles. The highest BCUT2D eigenvalue weighted by Crippen LogP contribution is 2.13. The van der Waals surface area contributed by atoms with Crippen LogP contribution in [0.1, 0.15) is 34.5 Å². The first kappa shape index (κ1) is 16.1. The van der Waals surface area contributed by atoms with Crippen LogP contribution in [0.3, 0.4) is 0 Å². The van der Waals surface area contributed by atoms with Crippen molar-refractivity contribution in [3.8, 4) is 0 Å². The van der Waals surface area contributed by atoms with Crippen molar-refractivity contribution in [3.05, 3.63) is 65.2 Å². The van der Waals surface area contributed by atoms with E-state index in [1.165, 1.54) is 12.3 Å². The molecule has 1 fully saturated rings. The van der Waals surface area contributed by atoms with Gasteiger partial charge in [-0.2, -0.15) is 0 Å². The first-order chi connectivity index (χ1) is 11.6. The summed E-state index contributed by atoms with van der Waals surface area (Å²) in [7, 11) is 0. The summed E-state index contributed by atoms with van der Waals surface area (Å²) in [6.07, 6.45) is 3.29. The fourth-order valence-corrected chi connectivity index (χ4v) is 2.70. The van der Waals surface area contributed by atoms with Crippen molar-refractivity contribution in [3.63, 3.8) is 0 Å². The molecule has 0 saturated carbocycles. The molecule has 2 amide bonds. The van der Waals surface area contributed by atoms with Crippen molar-refractivity contribution in [1.82, 2.24) is 15.6 Å². The summed E-state index contributed by atoms with van der Waals surface area (Å²) in [6, 6.07) is 9.18. The molecule has 1 saturated heterocycles. The van der Waals surface area contributed by atoms with Gasteiger partial charge >= 0.3 is 0 Å². The van der Waals surface area contributed by atoms with Gasteiger partial charge in [-0.15, -0.1) is 0 Å². The Bertz CT molecular complexity index is 763. The van der Waals surface area contributed by atoms with E-state index in [4.69, 9.17) is 0 Å². The highest BCUT2D eigenvalue weighted by molar-refractivity contribution is 5.97. The summed E-state index contributed by atoms with van der Waals surface area (Å²) < 4.78 is 13.7. The maximum atomic E-state index is 13.7. The molecule has 0 aliphatic carbocycles. The van der Waals surface area contributed by atoms with Crippen LogP contribution < -0.4 is 10.6 Å². The molecule has 0 unspecified atom stereocenters. The molecule has 124 valence electrons. The van der Waals surface area contributed by atoms with E-state index in [0.29, 0.717) is 36.2 Å². The second kappa shape index (κ2) is 7.21. The Labute approximate surface area is 139 Å². The van der Waals surface area contributed by atoms with Crippen molar-refractivity contribution < 1.29 is 14.0 Å². The zero-order valence-corrected chi connectivity index (χ0v) is 13.1. The summed E-state index contributed by atoms with van der Waals surface area (Å²) in [5.74, 6) is -0.780. The predicted octanol–water partition coefficient (Wildman–Crippen LogP) is 1.82. The third kappa shape index (κ3) is 3.76. The zero-order chi connectivity index (χ0) is 16.9. The van der Waals surface area contributed by atoms with Gasteiger partial charge in [0.1, 0.15) is 11.9 Å². The Morgan fingerprint density at radius 1 is 1.33 bits per heavy atom. The SMILES string of the molecule is O=C(N[C@H]1CCCNC1=O)c1ccnc(Cc2ccccc2F)c1. The van der Waals surface area contributed by atoms with Gasteiger partial charge in [-0.1, -0.05) is 18.2 Å². The number of nitrogens with zero attached hydrogens (tertiary/aromatic N) is 1. The Balaban J connectivity index is 1.71. The molecule has 6 heteroatoms. The van der Waals surface area contributed by atoms with Crippen molar-refractivity contribution in [2.45, 2.75) is 25.3 Å². The molecule has 1 aliphatic rings. The van der Waals surface area contributed by atoms with E-state index in [0.717, 1.165) is 6.42 Å². The van der Waals surface area contributed by atoms with Gasteiger partial charge in [0, 0.05) is 30.4 Å². The fourth-order valence-electron chi connectivity index (χ4n) is 2.70. The van der Waals surface area contributed by atoms with Gasteiger partial charge in [-0.05, 0) is 36.6 Å². The first-order valence-corrected chi connectivity index (χ1v) is 7.90. The van der Waals surface area contributed by atoms with Crippen molar-refractivity contribution in [2.75, 3.05) is 6.54 Å². The lowest BCUT2D eigenvalue weighted by Crippen LogP contribution is -2.50. The molecule has 1 aliphatic heterocycles. The summed E-state index contributed by atoms with van der Waals surface area (Å²) in [5.41, 5.74) is 1.53. The van der Waals surface area contributed by atoms with Crippen LogP contribution in [0.25, 0.3) is 0 Å². The number of amides is 2. The zero-order valence-electron chi connectivity index (χ0n) is 13.1. The summed E-state index contributed by atoms with van der Waals surface area (Å²) in [5, 5.41) is 5.47. The van der Waals surface area contributed by atoms with Gasteiger partial charge in [0.25, 0.3) is 5.91 Å². The number of benzene rings is 1. The van der Waals surface area contributed by atoms with Crippen LogP contribution in [-0.2, 0) is 11.2 Å². The van der Waals surface area contributed by atoms with Crippen molar-refractivity contribution in [2.24, 2.45) is 0 Å². The number of carbonyl (C=O) groups excluding carboxylic acids is 2. The van der Waals surface area contributed by atoms with E-state index in [9.17, 15) is 14.0 Å². The molecule has 2 N–H and O–H groups in total. The average molecular weight is 327 g/mol. The normalized spacial score (nSPS) is 17.2. The third-order valence-corrected chi connectivity index (χ3v) is 4.00. The first-order valence-electron chi connectivity index (χ1n) is 7.90. The Hall–Kier alpha value is -2.76. The Morgan fingerprint density at radius 3 is 2.96 bits per heavy atom. The van der Waals surface area contributed by atoms with Crippen molar-refractivity contribution in [1.29, 1.82) is 0 Å². The number of carbonyl (C=O) groups is 2. The quantitative estimate of drug-likeness (QED) is 0.900. The molecule has 0 bridgehead atoms. The maximum absolute atomic E-state index is 13.7. The van der Waals surface area contributed by atoms with E-state index in [-0.39, 0.29) is 17.6 Å². The molecule has 0 radical (unpaired) electrons. The van der Waals surface area contributed by atoms with E-state index in [2.05, 4.69) is 15.6 Å². The highest BCUT2D eigenvalue weighted by atomic mass is 19.1. The number of nitrogens with one attached hydrogen (secondary N) is 2. The number of piperidine rings is 1. The summed E-state index contributed by atoms with van der Waals surface area (Å²) in [4.78, 5) is 28.3. The minimum Gasteiger partial charge on any atom is -0.354 e. The number of rotatable bonds is 4. The van der Waals surface area contributed by atoms with Gasteiger partial charge in [-0.25, -0.2) is 4.39 Å². The maximum Gasteiger partial charge on any atom is 0.252 e. The van der Waals surface area contributed by atoms with Crippen LogP contribution in [0, 0.1) is 5.82 Å². The standard InChI is InChI=1S/C18H18FN3O2/c19-15-5-2-1-4-12(15)10-14-11-13(7-9-20-14)17(23)22-16-6-3-8-21-18(16)24/h1-2,4-5,7,9,11,16H,3,6,8,10H2,(H,21,24)(H,22,23)/t16-/m0/s1. The van der Waals surface area contributed by atoms with E-state index < -0.39 is 6.04 Å². The van der Waals surface area contributed by atoms with Crippen LogP contribution in [0.5, 0.6) is 0 Å². The number of aromatic nitrogens is 1. The number of halogens is 1. The Morgan fingerprint density at radius 2 is 2.17 bits per heavy atom. The van der Waals surface area contributed by atoms with Gasteiger partial charge in [0.2, 0.25) is 5.91 Å². The second-order valence-corrected chi connectivity index (χ2v) is 5.76. The van der Waals surface area contributed by atoms with E-state index in [1.807, 2.05) is 0 Å². The smallest absolute Gasteiger partial charge is 0.252 e. The lowest BCUT2D eigenvalue weighted by molar-refractivity contribution is -0.124. The summed E-state index contributed by atoms with van der Waals surface area (Å²) >= 11 is 0. The minimum atomic E-state index is -0.505. The van der Waals surface area contributed by atoms with Crippen LogP contribution in [-0.4, -0.2) is 29.4 Å². The number of hydrogen-bond donors (Lipinski definition) is 2. The van der Waals surface area contributed by atoms with Gasteiger partial charge in [0.05, 0.1) is 0 Å². The summed E-state index contributed by atoms with van der Waals surface area (Å²) in [6.45, 7) is 0.646. The van der Waals surface area contributed by atoms with Crippen LogP contribution in [0.4, 0.5) is 4.39 Å². The second-order valence-electron chi connectivity index (χ2n) is 5.76. The molecule has 5 nitrogen and oxygen atoms in total. The topological polar surface area (TPSA) is 71.1 Å². The molecular formula is C18H18FN3O2. The molecule has 3 rings (SSSR count). The van der Waals surface area contributed by atoms with Crippen LogP contribution in [0.2, 0.25) is 0 Å². The van der Waals surface area contributed by atoms with Crippen LogP contribution >= 0.6 is 0 Å². The molecule has 2 heterocycles. The van der Waals surface area contributed by atoms with E-state index >= 15 is 0 Å². The molecular weight excluding hydrogens is 309 g/mol.